The topological polar surface area (TPSA) is 66.4 Å². The standard InChI is InChI=1S/C16H21NO3/c18-15(17-10-4-9-16(19)20)11-13-7-3-6-12-5-1-2-8-14(12)13/h1-2,5,8,13H,3-4,6-7,9-11H2,(H,17,18)(H,19,20). The van der Waals surface area contributed by atoms with Gasteiger partial charge in [-0.15, -0.1) is 0 Å². The van der Waals surface area contributed by atoms with Gasteiger partial charge >= 0.3 is 5.97 Å². The second kappa shape index (κ2) is 7.08. The van der Waals surface area contributed by atoms with Crippen molar-refractivity contribution in [3.05, 3.63) is 35.4 Å². The summed E-state index contributed by atoms with van der Waals surface area (Å²) in [5.41, 5.74) is 2.67. The fraction of sp³-hybridized carbons (Fsp3) is 0.500. The number of hydrogen-bond acceptors (Lipinski definition) is 2. The van der Waals surface area contributed by atoms with Crippen molar-refractivity contribution in [3.63, 3.8) is 0 Å². The molecule has 0 fully saturated rings. The number of aliphatic carboxylic acids is 1. The van der Waals surface area contributed by atoms with Crippen LogP contribution in [-0.2, 0) is 16.0 Å². The van der Waals surface area contributed by atoms with Crippen LogP contribution < -0.4 is 5.32 Å². The van der Waals surface area contributed by atoms with Crippen LogP contribution in [0.1, 0.15) is 49.1 Å². The van der Waals surface area contributed by atoms with Crippen LogP contribution in [0.3, 0.4) is 0 Å². The van der Waals surface area contributed by atoms with Gasteiger partial charge in [0.2, 0.25) is 5.91 Å². The lowest BCUT2D eigenvalue weighted by molar-refractivity contribution is -0.137. The number of hydrogen-bond donors (Lipinski definition) is 2. The van der Waals surface area contributed by atoms with Crippen molar-refractivity contribution >= 4 is 11.9 Å². The molecule has 1 unspecified atom stereocenters. The van der Waals surface area contributed by atoms with E-state index in [1.807, 2.05) is 12.1 Å². The number of nitrogens with one attached hydrogen (secondary N) is 1. The third kappa shape index (κ3) is 4.08. The molecule has 1 amide bonds. The molecular weight excluding hydrogens is 254 g/mol. The summed E-state index contributed by atoms with van der Waals surface area (Å²) in [5, 5.41) is 11.4. The van der Waals surface area contributed by atoms with Gasteiger partial charge in [0.15, 0.2) is 0 Å². The number of carboxylic acids is 1. The number of carbonyl (C=O) groups is 2. The summed E-state index contributed by atoms with van der Waals surface area (Å²) in [4.78, 5) is 22.3. The predicted molar refractivity (Wildman–Crippen MR) is 76.6 cm³/mol. The van der Waals surface area contributed by atoms with Gasteiger partial charge in [0.05, 0.1) is 0 Å². The van der Waals surface area contributed by atoms with E-state index < -0.39 is 5.97 Å². The van der Waals surface area contributed by atoms with Crippen molar-refractivity contribution in [2.24, 2.45) is 0 Å². The molecule has 0 aromatic heterocycles. The number of carbonyl (C=O) groups excluding carboxylic acids is 1. The average Bonchev–Trinajstić information content (AvgIpc) is 2.44. The van der Waals surface area contributed by atoms with E-state index in [1.54, 1.807) is 0 Å². The lowest BCUT2D eigenvalue weighted by atomic mass is 9.81. The Kier molecular flexibility index (Phi) is 5.16. The molecule has 1 aromatic rings. The molecule has 4 heteroatoms. The third-order valence-corrected chi connectivity index (χ3v) is 3.82. The molecule has 0 aliphatic heterocycles. The molecule has 0 saturated carbocycles. The minimum atomic E-state index is -0.819. The summed E-state index contributed by atoms with van der Waals surface area (Å²) in [5.74, 6) is -0.489. The van der Waals surface area contributed by atoms with Crippen molar-refractivity contribution in [1.29, 1.82) is 0 Å². The Balaban J connectivity index is 1.82. The van der Waals surface area contributed by atoms with Crippen LogP contribution >= 0.6 is 0 Å². The molecule has 4 nitrogen and oxygen atoms in total. The lowest BCUT2D eigenvalue weighted by Gasteiger charge is -2.25. The second-order valence-electron chi connectivity index (χ2n) is 5.34. The number of benzene rings is 1. The van der Waals surface area contributed by atoms with Crippen LogP contribution in [0.4, 0.5) is 0 Å². The van der Waals surface area contributed by atoms with Crippen LogP contribution in [0, 0.1) is 0 Å². The maximum atomic E-state index is 11.9. The summed E-state index contributed by atoms with van der Waals surface area (Å²) < 4.78 is 0. The van der Waals surface area contributed by atoms with E-state index in [1.165, 1.54) is 11.1 Å². The summed E-state index contributed by atoms with van der Waals surface area (Å²) in [6, 6.07) is 8.35. The summed E-state index contributed by atoms with van der Waals surface area (Å²) in [6.07, 6.45) is 4.39. The lowest BCUT2D eigenvalue weighted by Crippen LogP contribution is -2.27. The minimum absolute atomic E-state index is 0.0251. The van der Waals surface area contributed by atoms with Crippen LogP contribution in [0.15, 0.2) is 24.3 Å². The first-order valence-electron chi connectivity index (χ1n) is 7.23. The fourth-order valence-electron chi connectivity index (χ4n) is 2.83. The van der Waals surface area contributed by atoms with E-state index in [9.17, 15) is 9.59 Å². The zero-order valence-electron chi connectivity index (χ0n) is 11.6. The van der Waals surface area contributed by atoms with Gasteiger partial charge in [-0.25, -0.2) is 0 Å². The van der Waals surface area contributed by atoms with E-state index in [4.69, 9.17) is 5.11 Å². The molecule has 1 aromatic carbocycles. The molecule has 0 saturated heterocycles. The zero-order chi connectivity index (χ0) is 14.4. The van der Waals surface area contributed by atoms with Crippen LogP contribution in [-0.4, -0.2) is 23.5 Å². The maximum Gasteiger partial charge on any atom is 0.303 e. The zero-order valence-corrected chi connectivity index (χ0v) is 11.6. The highest BCUT2D eigenvalue weighted by molar-refractivity contribution is 5.77. The average molecular weight is 275 g/mol. The molecule has 0 bridgehead atoms. The number of aryl methyl sites for hydroxylation is 1. The first kappa shape index (κ1) is 14.6. The van der Waals surface area contributed by atoms with Gasteiger partial charge in [0, 0.05) is 19.4 Å². The Bertz CT molecular complexity index is 484. The Morgan fingerprint density at radius 1 is 1.30 bits per heavy atom. The van der Waals surface area contributed by atoms with Crippen molar-refractivity contribution in [1.82, 2.24) is 5.32 Å². The van der Waals surface area contributed by atoms with Crippen LogP contribution in [0.25, 0.3) is 0 Å². The molecule has 2 N–H and O–H groups in total. The number of amides is 1. The molecular formula is C16H21NO3. The Morgan fingerprint density at radius 3 is 2.90 bits per heavy atom. The van der Waals surface area contributed by atoms with Gasteiger partial charge in [-0.3, -0.25) is 9.59 Å². The molecule has 0 heterocycles. The van der Waals surface area contributed by atoms with Gasteiger partial charge in [-0.2, -0.15) is 0 Å². The molecule has 0 radical (unpaired) electrons. The Labute approximate surface area is 119 Å². The molecule has 1 atom stereocenters. The highest BCUT2D eigenvalue weighted by Crippen LogP contribution is 2.33. The largest absolute Gasteiger partial charge is 0.481 e. The van der Waals surface area contributed by atoms with Gasteiger partial charge in [0.1, 0.15) is 0 Å². The van der Waals surface area contributed by atoms with Gasteiger partial charge in [-0.1, -0.05) is 24.3 Å². The van der Waals surface area contributed by atoms with E-state index in [2.05, 4.69) is 17.4 Å². The smallest absolute Gasteiger partial charge is 0.303 e. The highest BCUT2D eigenvalue weighted by atomic mass is 16.4. The van der Waals surface area contributed by atoms with Crippen molar-refractivity contribution < 1.29 is 14.7 Å². The second-order valence-corrected chi connectivity index (χ2v) is 5.34. The summed E-state index contributed by atoms with van der Waals surface area (Å²) >= 11 is 0. The molecule has 0 spiro atoms. The predicted octanol–water partition coefficient (Wildman–Crippen LogP) is 2.48. The fourth-order valence-corrected chi connectivity index (χ4v) is 2.83. The monoisotopic (exact) mass is 275 g/mol. The van der Waals surface area contributed by atoms with Gasteiger partial charge in [-0.05, 0) is 42.7 Å². The van der Waals surface area contributed by atoms with E-state index in [0.29, 0.717) is 25.3 Å². The van der Waals surface area contributed by atoms with Crippen molar-refractivity contribution in [2.45, 2.75) is 44.4 Å². The SMILES string of the molecule is O=C(O)CCCNC(=O)CC1CCCc2ccccc21. The maximum absolute atomic E-state index is 11.9. The molecule has 1 aliphatic rings. The van der Waals surface area contributed by atoms with E-state index in [-0.39, 0.29) is 12.3 Å². The Hall–Kier alpha value is -1.84. The minimum Gasteiger partial charge on any atom is -0.481 e. The molecule has 1 aliphatic carbocycles. The van der Waals surface area contributed by atoms with Crippen molar-refractivity contribution in [2.75, 3.05) is 6.54 Å². The first-order valence-corrected chi connectivity index (χ1v) is 7.23. The third-order valence-electron chi connectivity index (χ3n) is 3.82. The van der Waals surface area contributed by atoms with Gasteiger partial charge < -0.3 is 10.4 Å². The highest BCUT2D eigenvalue weighted by Gasteiger charge is 2.21. The summed E-state index contributed by atoms with van der Waals surface area (Å²) in [6.45, 7) is 0.444. The number of carboxylic acid groups (broad SMARTS) is 1. The normalized spacial score (nSPS) is 17.3. The first-order chi connectivity index (χ1) is 9.66. The molecule has 20 heavy (non-hydrogen) atoms. The number of fused-ring (bicyclic) bond motifs is 1. The van der Waals surface area contributed by atoms with E-state index >= 15 is 0 Å². The molecule has 108 valence electrons. The van der Waals surface area contributed by atoms with Gasteiger partial charge in [0.25, 0.3) is 0 Å². The summed E-state index contributed by atoms with van der Waals surface area (Å²) in [7, 11) is 0. The van der Waals surface area contributed by atoms with E-state index in [0.717, 1.165) is 19.3 Å². The number of rotatable bonds is 6. The van der Waals surface area contributed by atoms with Crippen LogP contribution in [0.2, 0.25) is 0 Å². The van der Waals surface area contributed by atoms with Crippen LogP contribution in [0.5, 0.6) is 0 Å². The quantitative estimate of drug-likeness (QED) is 0.784. The van der Waals surface area contributed by atoms with Crippen molar-refractivity contribution in [3.8, 4) is 0 Å². The Morgan fingerprint density at radius 2 is 2.10 bits per heavy atom. The molecule has 2 rings (SSSR count).